The first kappa shape index (κ1) is 18.0. The minimum absolute atomic E-state index is 0.177. The summed E-state index contributed by atoms with van der Waals surface area (Å²) in [6.45, 7) is 9.68. The summed E-state index contributed by atoms with van der Waals surface area (Å²) in [6, 6.07) is 5.94. The molecule has 23 heavy (non-hydrogen) atoms. The number of hydrogen-bond acceptors (Lipinski definition) is 5. The van der Waals surface area contributed by atoms with Crippen molar-refractivity contribution in [1.82, 2.24) is 9.80 Å². The van der Waals surface area contributed by atoms with Crippen molar-refractivity contribution in [1.29, 1.82) is 0 Å². The molecule has 130 valence electrons. The van der Waals surface area contributed by atoms with Crippen molar-refractivity contribution in [2.45, 2.75) is 32.9 Å². The lowest BCUT2D eigenvalue weighted by Crippen LogP contribution is -2.53. The number of methoxy groups -OCH3 is 1. The van der Waals surface area contributed by atoms with Crippen molar-refractivity contribution in [2.75, 3.05) is 39.9 Å². The summed E-state index contributed by atoms with van der Waals surface area (Å²) < 4.78 is 5.19. The maximum Gasteiger partial charge on any atom is 0.160 e. The molecule has 0 amide bonds. The molecule has 1 aromatic rings. The highest BCUT2D eigenvalue weighted by Crippen LogP contribution is 2.27. The number of phenols is 1. The van der Waals surface area contributed by atoms with Gasteiger partial charge in [0.2, 0.25) is 0 Å². The molecule has 5 heteroatoms. The van der Waals surface area contributed by atoms with Crippen LogP contribution in [-0.2, 0) is 6.54 Å². The molecule has 5 nitrogen and oxygen atoms in total. The number of benzene rings is 1. The van der Waals surface area contributed by atoms with Crippen molar-refractivity contribution < 1.29 is 14.9 Å². The molecule has 1 atom stereocenters. The van der Waals surface area contributed by atoms with Crippen LogP contribution in [0.25, 0.3) is 0 Å². The number of rotatable bonds is 7. The Morgan fingerprint density at radius 3 is 2.74 bits per heavy atom. The summed E-state index contributed by atoms with van der Waals surface area (Å²) in [4.78, 5) is 4.93. The Hall–Kier alpha value is -1.30. The first-order valence-corrected chi connectivity index (χ1v) is 8.46. The first-order chi connectivity index (χ1) is 11.0. The standard InChI is InChI=1S/C18H30N2O3/c1-14(2)11-20-8-7-19(13-16(20)6-9-21)12-15-4-5-17(22)18(10-15)23-3/h4-5,10,14,16,21-22H,6-9,11-13H2,1-3H3/t16-/m1/s1. The number of aliphatic hydroxyl groups excluding tert-OH is 1. The van der Waals surface area contributed by atoms with Crippen LogP contribution in [0.15, 0.2) is 18.2 Å². The SMILES string of the molecule is COc1cc(CN2CCN(CC(C)C)[C@H](CCO)C2)ccc1O. The molecule has 0 unspecified atom stereocenters. The number of aliphatic hydroxyl groups is 1. The van der Waals surface area contributed by atoms with E-state index in [9.17, 15) is 10.2 Å². The van der Waals surface area contributed by atoms with Crippen molar-refractivity contribution in [3.8, 4) is 11.5 Å². The largest absolute Gasteiger partial charge is 0.504 e. The van der Waals surface area contributed by atoms with Gasteiger partial charge in [-0.1, -0.05) is 19.9 Å². The van der Waals surface area contributed by atoms with Crippen molar-refractivity contribution in [2.24, 2.45) is 5.92 Å². The minimum atomic E-state index is 0.177. The van der Waals surface area contributed by atoms with Crippen LogP contribution < -0.4 is 4.74 Å². The molecule has 0 aromatic heterocycles. The number of nitrogens with zero attached hydrogens (tertiary/aromatic N) is 2. The van der Waals surface area contributed by atoms with Gasteiger partial charge in [0.05, 0.1) is 7.11 Å². The second-order valence-electron chi connectivity index (χ2n) is 6.80. The Bertz CT molecular complexity index is 493. The highest BCUT2D eigenvalue weighted by molar-refractivity contribution is 5.41. The van der Waals surface area contributed by atoms with E-state index in [0.29, 0.717) is 17.7 Å². The van der Waals surface area contributed by atoms with Gasteiger partial charge in [-0.2, -0.15) is 0 Å². The number of phenolic OH excluding ortho intramolecular Hbond substituents is 1. The topological polar surface area (TPSA) is 56.2 Å². The van der Waals surface area contributed by atoms with E-state index in [-0.39, 0.29) is 12.4 Å². The fourth-order valence-electron chi connectivity index (χ4n) is 3.31. The van der Waals surface area contributed by atoms with E-state index in [1.54, 1.807) is 13.2 Å². The summed E-state index contributed by atoms with van der Waals surface area (Å²) in [5.41, 5.74) is 1.14. The zero-order valence-electron chi connectivity index (χ0n) is 14.5. The Morgan fingerprint density at radius 2 is 2.09 bits per heavy atom. The lowest BCUT2D eigenvalue weighted by Gasteiger charge is -2.42. The van der Waals surface area contributed by atoms with E-state index in [0.717, 1.165) is 44.7 Å². The molecule has 0 saturated carbocycles. The van der Waals surface area contributed by atoms with Gasteiger partial charge in [0.25, 0.3) is 0 Å². The molecule has 1 saturated heterocycles. The molecular weight excluding hydrogens is 292 g/mol. The van der Waals surface area contributed by atoms with Crippen LogP contribution in [0.3, 0.4) is 0 Å². The smallest absolute Gasteiger partial charge is 0.160 e. The zero-order chi connectivity index (χ0) is 16.8. The monoisotopic (exact) mass is 322 g/mol. The lowest BCUT2D eigenvalue weighted by molar-refractivity contribution is 0.0476. The van der Waals surface area contributed by atoms with Crippen molar-refractivity contribution in [3.63, 3.8) is 0 Å². The second-order valence-corrected chi connectivity index (χ2v) is 6.80. The van der Waals surface area contributed by atoms with Gasteiger partial charge in [0.15, 0.2) is 11.5 Å². The van der Waals surface area contributed by atoms with E-state index in [1.807, 2.05) is 12.1 Å². The molecule has 1 fully saturated rings. The summed E-state index contributed by atoms with van der Waals surface area (Å²) >= 11 is 0. The van der Waals surface area contributed by atoms with Gasteiger partial charge in [-0.25, -0.2) is 0 Å². The Morgan fingerprint density at radius 1 is 1.30 bits per heavy atom. The van der Waals surface area contributed by atoms with Gasteiger partial charge < -0.3 is 14.9 Å². The Kier molecular flexibility index (Phi) is 6.69. The van der Waals surface area contributed by atoms with Crippen molar-refractivity contribution >= 4 is 0 Å². The third-order valence-electron chi connectivity index (χ3n) is 4.40. The molecule has 1 aromatic carbocycles. The van der Waals surface area contributed by atoms with Gasteiger partial charge in [-0.15, -0.1) is 0 Å². The maximum atomic E-state index is 9.70. The number of hydrogen-bond donors (Lipinski definition) is 2. The summed E-state index contributed by atoms with van der Waals surface area (Å²) in [5.74, 6) is 1.34. The number of piperazine rings is 1. The normalized spacial score (nSPS) is 20.1. The molecular formula is C18H30N2O3. The molecule has 2 N–H and O–H groups in total. The quantitative estimate of drug-likeness (QED) is 0.803. The van der Waals surface area contributed by atoms with Gasteiger partial charge >= 0.3 is 0 Å². The van der Waals surface area contributed by atoms with Gasteiger partial charge in [0, 0.05) is 45.4 Å². The van der Waals surface area contributed by atoms with Crippen LogP contribution in [0.4, 0.5) is 0 Å². The van der Waals surface area contributed by atoms with Gasteiger partial charge in [0.1, 0.15) is 0 Å². The Balaban J connectivity index is 1.99. The minimum Gasteiger partial charge on any atom is -0.504 e. The predicted molar refractivity (Wildman–Crippen MR) is 91.8 cm³/mol. The molecule has 1 heterocycles. The Labute approximate surface area is 139 Å². The van der Waals surface area contributed by atoms with E-state index >= 15 is 0 Å². The molecule has 0 radical (unpaired) electrons. The third-order valence-corrected chi connectivity index (χ3v) is 4.40. The third kappa shape index (κ3) is 5.09. The molecule has 0 aliphatic carbocycles. The van der Waals surface area contributed by atoms with Gasteiger partial charge in [-0.05, 0) is 30.0 Å². The lowest BCUT2D eigenvalue weighted by atomic mass is 10.1. The maximum absolute atomic E-state index is 9.70. The van der Waals surface area contributed by atoms with E-state index in [4.69, 9.17) is 4.74 Å². The number of ether oxygens (including phenoxy) is 1. The summed E-state index contributed by atoms with van der Waals surface area (Å²) in [6.07, 6.45) is 0.822. The highest BCUT2D eigenvalue weighted by atomic mass is 16.5. The van der Waals surface area contributed by atoms with E-state index in [1.165, 1.54) is 0 Å². The second kappa shape index (κ2) is 8.52. The predicted octanol–water partition coefficient (Wildman–Crippen LogP) is 1.93. The average molecular weight is 322 g/mol. The molecule has 0 spiro atoms. The summed E-state index contributed by atoms with van der Waals surface area (Å²) in [7, 11) is 1.57. The molecule has 0 bridgehead atoms. The molecule has 1 aliphatic heterocycles. The fraction of sp³-hybridized carbons (Fsp3) is 0.667. The van der Waals surface area contributed by atoms with Crippen LogP contribution in [0, 0.1) is 5.92 Å². The van der Waals surface area contributed by atoms with Crippen LogP contribution in [0.2, 0.25) is 0 Å². The first-order valence-electron chi connectivity index (χ1n) is 8.46. The van der Waals surface area contributed by atoms with E-state index < -0.39 is 0 Å². The van der Waals surface area contributed by atoms with Crippen LogP contribution in [0.1, 0.15) is 25.8 Å². The van der Waals surface area contributed by atoms with Gasteiger partial charge in [-0.3, -0.25) is 9.80 Å². The average Bonchev–Trinajstić information content (AvgIpc) is 2.51. The van der Waals surface area contributed by atoms with Crippen LogP contribution in [-0.4, -0.2) is 66.0 Å². The fourth-order valence-corrected chi connectivity index (χ4v) is 3.31. The number of aromatic hydroxyl groups is 1. The summed E-state index contributed by atoms with van der Waals surface area (Å²) in [5, 5.41) is 19.1. The van der Waals surface area contributed by atoms with Crippen LogP contribution in [0.5, 0.6) is 11.5 Å². The highest BCUT2D eigenvalue weighted by Gasteiger charge is 2.26. The zero-order valence-corrected chi connectivity index (χ0v) is 14.5. The molecule has 1 aliphatic rings. The van der Waals surface area contributed by atoms with Crippen molar-refractivity contribution in [3.05, 3.63) is 23.8 Å². The van der Waals surface area contributed by atoms with Crippen LogP contribution >= 0.6 is 0 Å². The molecule has 2 rings (SSSR count). The van der Waals surface area contributed by atoms with E-state index in [2.05, 4.69) is 23.6 Å².